The van der Waals surface area contributed by atoms with Crippen molar-refractivity contribution in [3.8, 4) is 5.88 Å². The summed E-state index contributed by atoms with van der Waals surface area (Å²) in [6, 6.07) is 1.51. The number of nitrogens with zero attached hydrogens (tertiary/aromatic N) is 2. The van der Waals surface area contributed by atoms with Gasteiger partial charge in [-0.25, -0.2) is 0 Å². The molecule has 1 aliphatic heterocycles. The average Bonchev–Trinajstić information content (AvgIpc) is 2.88. The summed E-state index contributed by atoms with van der Waals surface area (Å²) < 4.78 is 9.70. The fourth-order valence-corrected chi connectivity index (χ4v) is 1.53. The maximum absolute atomic E-state index is 11.7. The van der Waals surface area contributed by atoms with E-state index in [4.69, 9.17) is 9.26 Å². The first-order valence-corrected chi connectivity index (χ1v) is 4.61. The summed E-state index contributed by atoms with van der Waals surface area (Å²) in [6.07, 6.45) is 2.13. The van der Waals surface area contributed by atoms with Gasteiger partial charge in [-0.15, -0.1) is 0 Å². The van der Waals surface area contributed by atoms with Gasteiger partial charge in [-0.2, -0.15) is 0 Å². The Bertz CT molecular complexity index is 329. The molecule has 0 bridgehead atoms. The number of ether oxygens (including phenoxy) is 1. The van der Waals surface area contributed by atoms with Crippen molar-refractivity contribution in [3.05, 3.63) is 11.8 Å². The molecule has 76 valence electrons. The smallest absolute Gasteiger partial charge is 0.292 e. The molecule has 2 rings (SSSR count). The summed E-state index contributed by atoms with van der Waals surface area (Å²) in [5.74, 6) is 0.495. The molecule has 1 saturated heterocycles. The second-order valence-corrected chi connectivity index (χ2v) is 3.23. The highest BCUT2D eigenvalue weighted by Crippen LogP contribution is 2.16. The molecule has 5 nitrogen and oxygen atoms in total. The predicted octanol–water partition coefficient (Wildman–Crippen LogP) is 0.919. The number of carbonyl (C=O) groups is 1. The maximum Gasteiger partial charge on any atom is 0.292 e. The molecule has 0 aliphatic carbocycles. The van der Waals surface area contributed by atoms with Crippen LogP contribution in [0.2, 0.25) is 0 Å². The molecule has 0 spiro atoms. The summed E-state index contributed by atoms with van der Waals surface area (Å²) >= 11 is 0. The molecule has 1 amide bonds. The molecule has 0 aromatic carbocycles. The normalized spacial score (nSPS) is 15.9. The molecule has 0 radical (unpaired) electrons. The number of carbonyl (C=O) groups excluding carboxylic acids is 1. The minimum atomic E-state index is -0.0988. The van der Waals surface area contributed by atoms with Gasteiger partial charge in [0.15, 0.2) is 0 Å². The van der Waals surface area contributed by atoms with E-state index >= 15 is 0 Å². The lowest BCUT2D eigenvalue weighted by Crippen LogP contribution is -2.27. The van der Waals surface area contributed by atoms with Gasteiger partial charge in [0.2, 0.25) is 5.76 Å². The second kappa shape index (κ2) is 3.69. The van der Waals surface area contributed by atoms with E-state index in [1.807, 2.05) is 0 Å². The molecule has 1 aromatic heterocycles. The fourth-order valence-electron chi connectivity index (χ4n) is 1.53. The largest absolute Gasteiger partial charge is 0.479 e. The maximum atomic E-state index is 11.7. The molecule has 1 aromatic rings. The number of amides is 1. The van der Waals surface area contributed by atoms with E-state index in [1.54, 1.807) is 4.90 Å². The third kappa shape index (κ3) is 1.57. The standard InChI is InChI=1S/C9H12N2O3/c1-13-8-6-7(14-10-8)9(12)11-4-2-3-5-11/h6H,2-5H2,1H3. The van der Waals surface area contributed by atoms with Crippen LogP contribution < -0.4 is 4.74 Å². The van der Waals surface area contributed by atoms with Crippen molar-refractivity contribution in [2.75, 3.05) is 20.2 Å². The first kappa shape index (κ1) is 9.05. The van der Waals surface area contributed by atoms with Gasteiger partial charge < -0.3 is 14.2 Å². The molecular weight excluding hydrogens is 184 g/mol. The van der Waals surface area contributed by atoms with Crippen LogP contribution in [0.4, 0.5) is 0 Å². The zero-order valence-electron chi connectivity index (χ0n) is 8.02. The van der Waals surface area contributed by atoms with Crippen molar-refractivity contribution in [1.82, 2.24) is 10.1 Å². The highest BCUT2D eigenvalue weighted by Gasteiger charge is 2.23. The van der Waals surface area contributed by atoms with Crippen LogP contribution in [0, 0.1) is 0 Å². The number of aromatic nitrogens is 1. The molecule has 0 N–H and O–H groups in total. The van der Waals surface area contributed by atoms with Crippen LogP contribution in [0.3, 0.4) is 0 Å². The Balaban J connectivity index is 2.09. The Hall–Kier alpha value is -1.52. The van der Waals surface area contributed by atoms with E-state index in [0.717, 1.165) is 25.9 Å². The fraction of sp³-hybridized carbons (Fsp3) is 0.556. The van der Waals surface area contributed by atoms with Gasteiger partial charge in [-0.05, 0) is 18.0 Å². The van der Waals surface area contributed by atoms with Crippen molar-refractivity contribution < 1.29 is 14.1 Å². The number of likely N-dealkylation sites (tertiary alicyclic amines) is 1. The predicted molar refractivity (Wildman–Crippen MR) is 48.2 cm³/mol. The molecule has 14 heavy (non-hydrogen) atoms. The van der Waals surface area contributed by atoms with E-state index < -0.39 is 0 Å². The van der Waals surface area contributed by atoms with Crippen molar-refractivity contribution in [3.63, 3.8) is 0 Å². The highest BCUT2D eigenvalue weighted by atomic mass is 16.5. The molecule has 1 aliphatic rings. The van der Waals surface area contributed by atoms with Gasteiger partial charge in [-0.1, -0.05) is 0 Å². The zero-order valence-corrected chi connectivity index (χ0v) is 8.02. The van der Waals surface area contributed by atoms with E-state index in [0.29, 0.717) is 5.88 Å². The molecule has 2 heterocycles. The molecule has 0 saturated carbocycles. The van der Waals surface area contributed by atoms with Gasteiger partial charge in [0.25, 0.3) is 11.8 Å². The zero-order chi connectivity index (χ0) is 9.97. The Morgan fingerprint density at radius 1 is 1.57 bits per heavy atom. The van der Waals surface area contributed by atoms with Crippen LogP contribution in [0.5, 0.6) is 5.88 Å². The van der Waals surface area contributed by atoms with Crippen LogP contribution >= 0.6 is 0 Å². The monoisotopic (exact) mass is 196 g/mol. The van der Waals surface area contributed by atoms with Crippen molar-refractivity contribution in [2.24, 2.45) is 0 Å². The van der Waals surface area contributed by atoms with Gasteiger partial charge in [0.1, 0.15) is 0 Å². The number of hydrogen-bond acceptors (Lipinski definition) is 4. The van der Waals surface area contributed by atoms with Gasteiger partial charge >= 0.3 is 0 Å². The van der Waals surface area contributed by atoms with E-state index in [-0.39, 0.29) is 11.7 Å². The lowest BCUT2D eigenvalue weighted by atomic mass is 10.4. The van der Waals surface area contributed by atoms with Crippen LogP contribution in [0.1, 0.15) is 23.4 Å². The third-order valence-electron chi connectivity index (χ3n) is 2.30. The van der Waals surface area contributed by atoms with Crippen molar-refractivity contribution in [1.29, 1.82) is 0 Å². The topological polar surface area (TPSA) is 55.6 Å². The Morgan fingerprint density at radius 3 is 2.86 bits per heavy atom. The van der Waals surface area contributed by atoms with Crippen molar-refractivity contribution >= 4 is 5.91 Å². The van der Waals surface area contributed by atoms with Crippen LogP contribution in [-0.4, -0.2) is 36.2 Å². The highest BCUT2D eigenvalue weighted by molar-refractivity contribution is 5.91. The number of methoxy groups -OCH3 is 1. The van der Waals surface area contributed by atoms with Gasteiger partial charge in [0, 0.05) is 13.1 Å². The molecule has 0 atom stereocenters. The second-order valence-electron chi connectivity index (χ2n) is 3.23. The average molecular weight is 196 g/mol. The Labute approximate surface area is 81.6 Å². The van der Waals surface area contributed by atoms with E-state index in [9.17, 15) is 4.79 Å². The van der Waals surface area contributed by atoms with E-state index in [1.165, 1.54) is 13.2 Å². The van der Waals surface area contributed by atoms with Crippen LogP contribution in [0.15, 0.2) is 10.6 Å². The van der Waals surface area contributed by atoms with E-state index in [2.05, 4.69) is 5.16 Å². The summed E-state index contributed by atoms with van der Waals surface area (Å²) in [7, 11) is 1.49. The summed E-state index contributed by atoms with van der Waals surface area (Å²) in [4.78, 5) is 13.5. The quantitative estimate of drug-likeness (QED) is 0.705. The van der Waals surface area contributed by atoms with Crippen LogP contribution in [0.25, 0.3) is 0 Å². The SMILES string of the molecule is COc1cc(C(=O)N2CCCC2)on1. The van der Waals surface area contributed by atoms with Crippen LogP contribution in [-0.2, 0) is 0 Å². The Kier molecular flexibility index (Phi) is 2.39. The van der Waals surface area contributed by atoms with Crippen molar-refractivity contribution in [2.45, 2.75) is 12.8 Å². The molecule has 1 fully saturated rings. The lowest BCUT2D eigenvalue weighted by molar-refractivity contribution is 0.0751. The molecular formula is C9H12N2O3. The minimum Gasteiger partial charge on any atom is -0.479 e. The summed E-state index contributed by atoms with van der Waals surface area (Å²) in [5, 5.41) is 3.58. The molecule has 5 heteroatoms. The minimum absolute atomic E-state index is 0.0988. The van der Waals surface area contributed by atoms with Gasteiger partial charge in [0.05, 0.1) is 13.2 Å². The summed E-state index contributed by atoms with van der Waals surface area (Å²) in [6.45, 7) is 1.61. The first-order chi connectivity index (χ1) is 6.81. The molecule has 0 unspecified atom stereocenters. The summed E-state index contributed by atoms with van der Waals surface area (Å²) in [5.41, 5.74) is 0. The number of rotatable bonds is 2. The Morgan fingerprint density at radius 2 is 2.29 bits per heavy atom. The first-order valence-electron chi connectivity index (χ1n) is 4.61. The number of hydrogen-bond donors (Lipinski definition) is 0. The van der Waals surface area contributed by atoms with Gasteiger partial charge in [-0.3, -0.25) is 4.79 Å². The lowest BCUT2D eigenvalue weighted by Gasteiger charge is -2.11. The third-order valence-corrected chi connectivity index (χ3v) is 2.30.